The normalized spacial score (nSPS) is 10.4. The lowest BCUT2D eigenvalue weighted by Crippen LogP contribution is -1.95. The zero-order chi connectivity index (χ0) is 10.1. The zero-order valence-electron chi connectivity index (χ0n) is 8.07. The van der Waals surface area contributed by atoms with Gasteiger partial charge in [-0.05, 0) is 26.0 Å². The van der Waals surface area contributed by atoms with E-state index in [4.69, 9.17) is 5.73 Å². The Kier molecular flexibility index (Phi) is 1.92. The fourth-order valence-electron chi connectivity index (χ4n) is 1.15. The number of nitrogens with zero attached hydrogens (tertiary/aromatic N) is 3. The summed E-state index contributed by atoms with van der Waals surface area (Å²) in [7, 11) is 0. The number of pyridine rings is 1. The highest BCUT2D eigenvalue weighted by atomic mass is 15.2. The first-order valence-corrected chi connectivity index (χ1v) is 4.29. The van der Waals surface area contributed by atoms with Crippen molar-refractivity contribution < 1.29 is 0 Å². The third kappa shape index (κ3) is 1.44. The second-order valence-electron chi connectivity index (χ2n) is 3.12. The van der Waals surface area contributed by atoms with E-state index in [1.54, 1.807) is 0 Å². The van der Waals surface area contributed by atoms with Gasteiger partial charge in [0.15, 0.2) is 5.82 Å². The second-order valence-corrected chi connectivity index (χ2v) is 3.12. The van der Waals surface area contributed by atoms with E-state index in [1.807, 2.05) is 26.0 Å². The monoisotopic (exact) mass is 189 g/mol. The van der Waals surface area contributed by atoms with Crippen molar-refractivity contribution in [1.82, 2.24) is 20.2 Å². The van der Waals surface area contributed by atoms with Crippen LogP contribution in [0.25, 0.3) is 11.5 Å². The molecule has 0 spiro atoms. The van der Waals surface area contributed by atoms with Crippen LogP contribution in [0.1, 0.15) is 11.5 Å². The number of aromatic nitrogens is 4. The summed E-state index contributed by atoms with van der Waals surface area (Å²) in [4.78, 5) is 8.47. The SMILES string of the molecule is Cc1nc(-c2ccc(N)c(C)n2)n[nH]1. The van der Waals surface area contributed by atoms with Crippen LogP contribution in [-0.2, 0) is 0 Å². The molecule has 0 radical (unpaired) electrons. The molecule has 0 saturated heterocycles. The lowest BCUT2D eigenvalue weighted by molar-refractivity contribution is 1.04. The maximum atomic E-state index is 5.66. The van der Waals surface area contributed by atoms with E-state index in [9.17, 15) is 0 Å². The lowest BCUT2D eigenvalue weighted by Gasteiger charge is -1.99. The first kappa shape index (κ1) is 8.68. The summed E-state index contributed by atoms with van der Waals surface area (Å²) in [5.74, 6) is 1.38. The van der Waals surface area contributed by atoms with E-state index in [0.717, 1.165) is 17.2 Å². The lowest BCUT2D eigenvalue weighted by atomic mass is 10.2. The van der Waals surface area contributed by atoms with Gasteiger partial charge >= 0.3 is 0 Å². The van der Waals surface area contributed by atoms with Crippen molar-refractivity contribution in [2.24, 2.45) is 0 Å². The summed E-state index contributed by atoms with van der Waals surface area (Å²) in [6.45, 7) is 3.71. The fourth-order valence-corrected chi connectivity index (χ4v) is 1.15. The minimum atomic E-state index is 0.602. The summed E-state index contributed by atoms with van der Waals surface area (Å²) in [5.41, 5.74) is 7.88. The van der Waals surface area contributed by atoms with Gasteiger partial charge in [-0.15, -0.1) is 0 Å². The van der Waals surface area contributed by atoms with Crippen LogP contribution < -0.4 is 5.73 Å². The highest BCUT2D eigenvalue weighted by Gasteiger charge is 2.05. The molecule has 0 aromatic carbocycles. The average molecular weight is 189 g/mol. The predicted octanol–water partition coefficient (Wildman–Crippen LogP) is 1.07. The van der Waals surface area contributed by atoms with E-state index < -0.39 is 0 Å². The first-order chi connectivity index (χ1) is 6.66. The van der Waals surface area contributed by atoms with Gasteiger partial charge in [0.1, 0.15) is 11.5 Å². The van der Waals surface area contributed by atoms with E-state index in [2.05, 4.69) is 20.2 Å². The van der Waals surface area contributed by atoms with Crippen LogP contribution in [-0.4, -0.2) is 20.2 Å². The molecule has 2 heterocycles. The Balaban J connectivity index is 2.47. The Labute approximate surface area is 81.4 Å². The molecule has 5 heteroatoms. The number of nitrogen functional groups attached to an aromatic ring is 1. The number of nitrogens with two attached hydrogens (primary N) is 1. The molecule has 0 aliphatic rings. The van der Waals surface area contributed by atoms with Crippen LogP contribution >= 0.6 is 0 Å². The molecule has 14 heavy (non-hydrogen) atoms. The van der Waals surface area contributed by atoms with Crippen molar-refractivity contribution in [3.05, 3.63) is 23.7 Å². The molecule has 0 fully saturated rings. The molecule has 3 N–H and O–H groups in total. The Hall–Kier alpha value is -1.91. The summed E-state index contributed by atoms with van der Waals surface area (Å²) in [6, 6.07) is 3.62. The molecule has 2 aromatic heterocycles. The molecule has 2 rings (SSSR count). The summed E-state index contributed by atoms with van der Waals surface area (Å²) >= 11 is 0. The molecule has 0 amide bonds. The van der Waals surface area contributed by atoms with Crippen molar-refractivity contribution in [2.75, 3.05) is 5.73 Å². The largest absolute Gasteiger partial charge is 0.397 e. The van der Waals surface area contributed by atoms with Crippen LogP contribution in [0, 0.1) is 13.8 Å². The number of hydrogen-bond donors (Lipinski definition) is 2. The Morgan fingerprint density at radius 2 is 2.00 bits per heavy atom. The Bertz CT molecular complexity index is 460. The standard InChI is InChI=1S/C9H11N5/c1-5-7(10)3-4-8(11-5)9-12-6(2)13-14-9/h3-4H,10H2,1-2H3,(H,12,13,14). The summed E-state index contributed by atoms with van der Waals surface area (Å²) in [5, 5.41) is 6.79. The predicted molar refractivity (Wildman–Crippen MR) is 53.5 cm³/mol. The van der Waals surface area contributed by atoms with Crippen LogP contribution in [0.2, 0.25) is 0 Å². The van der Waals surface area contributed by atoms with Gasteiger partial charge in [0.05, 0.1) is 11.4 Å². The Morgan fingerprint density at radius 1 is 1.21 bits per heavy atom. The highest BCUT2D eigenvalue weighted by Crippen LogP contribution is 2.15. The fraction of sp³-hybridized carbons (Fsp3) is 0.222. The number of rotatable bonds is 1. The van der Waals surface area contributed by atoms with Gasteiger partial charge < -0.3 is 5.73 Å². The summed E-state index contributed by atoms with van der Waals surface area (Å²) < 4.78 is 0. The van der Waals surface area contributed by atoms with Crippen molar-refractivity contribution >= 4 is 5.69 Å². The van der Waals surface area contributed by atoms with Crippen molar-refractivity contribution in [3.63, 3.8) is 0 Å². The van der Waals surface area contributed by atoms with Gasteiger partial charge in [0.2, 0.25) is 0 Å². The Morgan fingerprint density at radius 3 is 2.57 bits per heavy atom. The van der Waals surface area contributed by atoms with Gasteiger partial charge in [-0.1, -0.05) is 0 Å². The highest BCUT2D eigenvalue weighted by molar-refractivity contribution is 5.54. The molecular weight excluding hydrogens is 178 g/mol. The minimum absolute atomic E-state index is 0.602. The van der Waals surface area contributed by atoms with Gasteiger partial charge in [0, 0.05) is 0 Å². The maximum absolute atomic E-state index is 5.66. The van der Waals surface area contributed by atoms with E-state index in [-0.39, 0.29) is 0 Å². The smallest absolute Gasteiger partial charge is 0.199 e. The number of nitrogens with one attached hydrogen (secondary N) is 1. The molecule has 0 bridgehead atoms. The first-order valence-electron chi connectivity index (χ1n) is 4.29. The molecule has 2 aromatic rings. The second kappa shape index (κ2) is 3.10. The van der Waals surface area contributed by atoms with Gasteiger partial charge in [-0.25, -0.2) is 9.97 Å². The average Bonchev–Trinajstić information content (AvgIpc) is 2.57. The number of H-pyrrole nitrogens is 1. The number of aromatic amines is 1. The van der Waals surface area contributed by atoms with E-state index in [1.165, 1.54) is 0 Å². The van der Waals surface area contributed by atoms with Gasteiger partial charge in [-0.2, -0.15) is 5.10 Å². The van der Waals surface area contributed by atoms with E-state index >= 15 is 0 Å². The summed E-state index contributed by atoms with van der Waals surface area (Å²) in [6.07, 6.45) is 0. The third-order valence-electron chi connectivity index (χ3n) is 1.95. The third-order valence-corrected chi connectivity index (χ3v) is 1.95. The molecule has 0 aliphatic carbocycles. The molecule has 0 atom stereocenters. The molecule has 0 saturated carbocycles. The van der Waals surface area contributed by atoms with Gasteiger partial charge in [-0.3, -0.25) is 5.10 Å². The van der Waals surface area contributed by atoms with Crippen LogP contribution in [0.15, 0.2) is 12.1 Å². The van der Waals surface area contributed by atoms with Crippen LogP contribution in [0.3, 0.4) is 0 Å². The molecule has 0 unspecified atom stereocenters. The number of anilines is 1. The van der Waals surface area contributed by atoms with Crippen molar-refractivity contribution in [1.29, 1.82) is 0 Å². The van der Waals surface area contributed by atoms with Crippen molar-refractivity contribution in [2.45, 2.75) is 13.8 Å². The molecule has 0 aliphatic heterocycles. The topological polar surface area (TPSA) is 80.5 Å². The molecule has 72 valence electrons. The number of aryl methyl sites for hydroxylation is 2. The quantitative estimate of drug-likeness (QED) is 0.703. The van der Waals surface area contributed by atoms with Crippen molar-refractivity contribution in [3.8, 4) is 11.5 Å². The van der Waals surface area contributed by atoms with Gasteiger partial charge in [0.25, 0.3) is 0 Å². The van der Waals surface area contributed by atoms with E-state index in [0.29, 0.717) is 11.5 Å². The number of hydrogen-bond acceptors (Lipinski definition) is 4. The van der Waals surface area contributed by atoms with Crippen LogP contribution in [0.5, 0.6) is 0 Å². The molecular formula is C9H11N5. The zero-order valence-corrected chi connectivity index (χ0v) is 8.07. The minimum Gasteiger partial charge on any atom is -0.397 e. The van der Waals surface area contributed by atoms with Crippen LogP contribution in [0.4, 0.5) is 5.69 Å². The molecule has 5 nitrogen and oxygen atoms in total. The maximum Gasteiger partial charge on any atom is 0.199 e.